The number of carbonyl (C=O) groups excluding carboxylic acids is 2. The Morgan fingerprint density at radius 2 is 2.16 bits per heavy atom. The molecule has 5 nitrogen and oxygen atoms in total. The van der Waals surface area contributed by atoms with Crippen LogP contribution in [-0.4, -0.2) is 23.7 Å². The molecule has 0 radical (unpaired) electrons. The molecule has 2 rings (SSSR count). The number of ether oxygens (including phenoxy) is 1. The van der Waals surface area contributed by atoms with Crippen LogP contribution in [0, 0.1) is 6.92 Å². The van der Waals surface area contributed by atoms with Gasteiger partial charge in [-0.05, 0) is 13.8 Å². The number of methoxy groups -OCH3 is 1. The van der Waals surface area contributed by atoms with E-state index < -0.39 is 0 Å². The second-order valence-corrected chi connectivity index (χ2v) is 5.48. The molecule has 2 N–H and O–H groups in total. The van der Waals surface area contributed by atoms with E-state index in [9.17, 15) is 9.59 Å². The topological polar surface area (TPSA) is 82.3 Å². The summed E-state index contributed by atoms with van der Waals surface area (Å²) in [6.07, 6.45) is -0.185. The zero-order valence-corrected chi connectivity index (χ0v) is 11.8. The number of anilines is 1. The number of nitrogens with zero attached hydrogens (tertiary/aromatic N) is 1. The number of fused-ring (bicyclic) bond motifs is 1. The number of nitrogens with two attached hydrogens (primary N) is 1. The van der Waals surface area contributed by atoms with Crippen LogP contribution in [-0.2, 0) is 4.79 Å². The summed E-state index contributed by atoms with van der Waals surface area (Å²) in [6, 6.07) is 1.74. The van der Waals surface area contributed by atoms with Gasteiger partial charge in [-0.2, -0.15) is 0 Å². The smallest absolute Gasteiger partial charge is 0.176 e. The lowest BCUT2D eigenvalue weighted by Gasteiger charge is -2.10. The van der Waals surface area contributed by atoms with Crippen molar-refractivity contribution in [1.29, 1.82) is 0 Å². The molecule has 2 aromatic rings. The standard InChI is InChI=1S/C13H14N2O3S/c1-6(16)4-8(17)11-9(18-3)5-10-13(12(11)14)15-7(2)19-10/h5H,4,14H2,1-3H3. The monoisotopic (exact) mass is 278 g/mol. The van der Waals surface area contributed by atoms with Crippen LogP contribution < -0.4 is 10.5 Å². The third kappa shape index (κ3) is 2.44. The first-order chi connectivity index (χ1) is 8.93. The zero-order valence-electron chi connectivity index (χ0n) is 10.9. The molecule has 0 unspecified atom stereocenters. The highest BCUT2D eigenvalue weighted by Gasteiger charge is 2.21. The minimum Gasteiger partial charge on any atom is -0.496 e. The zero-order chi connectivity index (χ0) is 14.2. The van der Waals surface area contributed by atoms with E-state index in [4.69, 9.17) is 10.5 Å². The molecule has 1 aromatic heterocycles. The average molecular weight is 278 g/mol. The van der Waals surface area contributed by atoms with Gasteiger partial charge >= 0.3 is 0 Å². The van der Waals surface area contributed by atoms with Gasteiger partial charge in [0.15, 0.2) is 5.78 Å². The van der Waals surface area contributed by atoms with Gasteiger partial charge < -0.3 is 10.5 Å². The number of Topliss-reactive ketones (excluding diaryl/α,β-unsaturated/α-hetero) is 2. The molecule has 19 heavy (non-hydrogen) atoms. The summed E-state index contributed by atoms with van der Waals surface area (Å²) in [5, 5.41) is 0.861. The number of aromatic nitrogens is 1. The Balaban J connectivity index is 2.67. The van der Waals surface area contributed by atoms with E-state index in [1.54, 1.807) is 6.07 Å². The van der Waals surface area contributed by atoms with Gasteiger partial charge in [0.25, 0.3) is 0 Å². The molecular formula is C13H14N2O3S. The van der Waals surface area contributed by atoms with E-state index in [0.29, 0.717) is 11.3 Å². The quantitative estimate of drug-likeness (QED) is 0.527. The van der Waals surface area contributed by atoms with Crippen LogP contribution in [0.4, 0.5) is 5.69 Å². The molecule has 0 saturated heterocycles. The van der Waals surface area contributed by atoms with Crippen molar-refractivity contribution < 1.29 is 14.3 Å². The molecule has 6 heteroatoms. The molecule has 0 atom stereocenters. The van der Waals surface area contributed by atoms with Gasteiger partial charge in [0.05, 0.1) is 34.5 Å². The first-order valence-electron chi connectivity index (χ1n) is 5.70. The third-order valence-electron chi connectivity index (χ3n) is 2.70. The molecule has 1 aromatic carbocycles. The minimum absolute atomic E-state index is 0.185. The van der Waals surface area contributed by atoms with Crippen molar-refractivity contribution >= 4 is 38.8 Å². The first kappa shape index (κ1) is 13.5. The maximum atomic E-state index is 12.1. The second-order valence-electron chi connectivity index (χ2n) is 4.25. The average Bonchev–Trinajstić information content (AvgIpc) is 2.68. The van der Waals surface area contributed by atoms with Crippen molar-refractivity contribution in [2.45, 2.75) is 20.3 Å². The van der Waals surface area contributed by atoms with Gasteiger partial charge in [-0.3, -0.25) is 9.59 Å². The number of rotatable bonds is 4. The first-order valence-corrected chi connectivity index (χ1v) is 6.52. The number of carbonyl (C=O) groups is 2. The van der Waals surface area contributed by atoms with Crippen molar-refractivity contribution in [1.82, 2.24) is 4.98 Å². The summed E-state index contributed by atoms with van der Waals surface area (Å²) < 4.78 is 6.08. The molecular weight excluding hydrogens is 264 g/mol. The highest BCUT2D eigenvalue weighted by molar-refractivity contribution is 7.18. The molecule has 0 amide bonds. The highest BCUT2D eigenvalue weighted by atomic mass is 32.1. The summed E-state index contributed by atoms with van der Waals surface area (Å²) in [6.45, 7) is 3.24. The number of hydrogen-bond acceptors (Lipinski definition) is 6. The van der Waals surface area contributed by atoms with Crippen molar-refractivity contribution in [3.05, 3.63) is 16.6 Å². The van der Waals surface area contributed by atoms with E-state index in [0.717, 1.165) is 9.71 Å². The van der Waals surface area contributed by atoms with E-state index in [2.05, 4.69) is 4.98 Å². The van der Waals surface area contributed by atoms with Crippen LogP contribution in [0.2, 0.25) is 0 Å². The number of benzene rings is 1. The second kappa shape index (κ2) is 4.97. The van der Waals surface area contributed by atoms with Gasteiger partial charge in [0.2, 0.25) is 0 Å². The fourth-order valence-corrected chi connectivity index (χ4v) is 2.81. The summed E-state index contributed by atoms with van der Waals surface area (Å²) >= 11 is 1.48. The van der Waals surface area contributed by atoms with Crippen molar-refractivity contribution in [2.75, 3.05) is 12.8 Å². The summed E-state index contributed by atoms with van der Waals surface area (Å²) in [4.78, 5) is 27.5. The molecule has 0 aliphatic rings. The Kier molecular flexibility index (Phi) is 3.53. The maximum Gasteiger partial charge on any atom is 0.176 e. The van der Waals surface area contributed by atoms with Gasteiger partial charge in [0, 0.05) is 6.07 Å². The van der Waals surface area contributed by atoms with E-state index in [-0.39, 0.29) is 29.2 Å². The Bertz CT molecular complexity index is 676. The molecule has 0 spiro atoms. The Labute approximate surface area is 114 Å². The lowest BCUT2D eigenvalue weighted by molar-refractivity contribution is -0.116. The van der Waals surface area contributed by atoms with E-state index in [1.165, 1.54) is 25.4 Å². The molecule has 0 aliphatic heterocycles. The van der Waals surface area contributed by atoms with Gasteiger partial charge in [-0.1, -0.05) is 0 Å². The van der Waals surface area contributed by atoms with Crippen LogP contribution in [0.3, 0.4) is 0 Å². The molecule has 0 bridgehead atoms. The van der Waals surface area contributed by atoms with E-state index in [1.807, 2.05) is 6.92 Å². The predicted molar refractivity (Wildman–Crippen MR) is 74.9 cm³/mol. The number of aryl methyl sites for hydroxylation is 1. The number of hydrogen-bond donors (Lipinski definition) is 1. The van der Waals surface area contributed by atoms with Crippen LogP contribution in [0.15, 0.2) is 6.07 Å². The summed E-state index contributed by atoms with van der Waals surface area (Å²) in [5.74, 6) is -0.157. The minimum atomic E-state index is -0.339. The SMILES string of the molecule is COc1cc2sc(C)nc2c(N)c1C(=O)CC(C)=O. The molecule has 1 heterocycles. The fraction of sp³-hybridized carbons (Fsp3) is 0.308. The maximum absolute atomic E-state index is 12.1. The lowest BCUT2D eigenvalue weighted by Crippen LogP contribution is -2.10. The molecule has 0 fully saturated rings. The predicted octanol–water partition coefficient (Wildman–Crippen LogP) is 2.36. The largest absolute Gasteiger partial charge is 0.496 e. The van der Waals surface area contributed by atoms with Crippen molar-refractivity contribution in [2.24, 2.45) is 0 Å². The van der Waals surface area contributed by atoms with Crippen LogP contribution >= 0.6 is 11.3 Å². The third-order valence-corrected chi connectivity index (χ3v) is 3.62. The van der Waals surface area contributed by atoms with Crippen LogP contribution in [0.1, 0.15) is 28.7 Å². The Morgan fingerprint density at radius 3 is 2.74 bits per heavy atom. The van der Waals surface area contributed by atoms with Gasteiger partial charge in [-0.25, -0.2) is 4.98 Å². The van der Waals surface area contributed by atoms with Gasteiger partial charge in [0.1, 0.15) is 17.0 Å². The Morgan fingerprint density at radius 1 is 1.47 bits per heavy atom. The molecule has 0 aliphatic carbocycles. The molecule has 0 saturated carbocycles. The number of thiazole rings is 1. The normalized spacial score (nSPS) is 10.7. The highest BCUT2D eigenvalue weighted by Crippen LogP contribution is 2.36. The lowest BCUT2D eigenvalue weighted by atomic mass is 10.0. The molecule has 100 valence electrons. The van der Waals surface area contributed by atoms with Gasteiger partial charge in [-0.15, -0.1) is 11.3 Å². The fourth-order valence-electron chi connectivity index (χ4n) is 1.94. The number of nitrogen functional groups attached to an aromatic ring is 1. The van der Waals surface area contributed by atoms with Crippen molar-refractivity contribution in [3.63, 3.8) is 0 Å². The summed E-state index contributed by atoms with van der Waals surface area (Å²) in [7, 11) is 1.47. The van der Waals surface area contributed by atoms with Crippen LogP contribution in [0.25, 0.3) is 10.2 Å². The van der Waals surface area contributed by atoms with E-state index >= 15 is 0 Å². The number of ketones is 2. The Hall–Kier alpha value is -1.95. The summed E-state index contributed by atoms with van der Waals surface area (Å²) in [5.41, 5.74) is 7.14. The van der Waals surface area contributed by atoms with Crippen molar-refractivity contribution in [3.8, 4) is 5.75 Å². The van der Waals surface area contributed by atoms with Crippen LogP contribution in [0.5, 0.6) is 5.75 Å².